The third kappa shape index (κ3) is 3.71. The number of nitrogens with zero attached hydrogens (tertiary/aromatic N) is 1. The molecule has 1 aliphatic rings. The van der Waals surface area contributed by atoms with Crippen LogP contribution in [0.25, 0.3) is 0 Å². The van der Waals surface area contributed by atoms with Crippen LogP contribution >= 0.6 is 23.2 Å². The molecule has 24 heavy (non-hydrogen) atoms. The van der Waals surface area contributed by atoms with Gasteiger partial charge in [0.25, 0.3) is 5.91 Å². The van der Waals surface area contributed by atoms with Crippen LogP contribution in [0.1, 0.15) is 23.2 Å². The van der Waals surface area contributed by atoms with E-state index in [0.717, 1.165) is 6.42 Å². The molecule has 0 aromatic heterocycles. The summed E-state index contributed by atoms with van der Waals surface area (Å²) in [4.78, 5) is 26.8. The van der Waals surface area contributed by atoms with Crippen LogP contribution in [0, 0.1) is 0 Å². The second-order valence-corrected chi connectivity index (χ2v) is 6.54. The van der Waals surface area contributed by atoms with E-state index in [9.17, 15) is 9.59 Å². The van der Waals surface area contributed by atoms with Gasteiger partial charge in [0.2, 0.25) is 5.91 Å². The van der Waals surface area contributed by atoms with Crippen LogP contribution < -0.4 is 5.32 Å². The lowest BCUT2D eigenvalue weighted by atomic mass is 10.1. The lowest BCUT2D eigenvalue weighted by Crippen LogP contribution is -2.43. The first-order valence-corrected chi connectivity index (χ1v) is 8.43. The molecule has 1 aliphatic heterocycles. The number of nitrogens with one attached hydrogen (secondary N) is 1. The molecule has 0 bridgehead atoms. The molecule has 1 saturated heterocycles. The Morgan fingerprint density at radius 2 is 1.79 bits per heavy atom. The molecular weight excluding hydrogens is 347 g/mol. The van der Waals surface area contributed by atoms with Crippen molar-refractivity contribution in [1.82, 2.24) is 4.90 Å². The van der Waals surface area contributed by atoms with Gasteiger partial charge in [-0.3, -0.25) is 9.59 Å². The minimum absolute atomic E-state index is 0.175. The van der Waals surface area contributed by atoms with Gasteiger partial charge < -0.3 is 10.2 Å². The second kappa shape index (κ2) is 7.24. The zero-order chi connectivity index (χ0) is 17.1. The predicted molar refractivity (Wildman–Crippen MR) is 95.6 cm³/mol. The first kappa shape index (κ1) is 16.8. The lowest BCUT2D eigenvalue weighted by molar-refractivity contribution is -0.119. The summed E-state index contributed by atoms with van der Waals surface area (Å²) in [5.74, 6) is -0.364. The van der Waals surface area contributed by atoms with Crippen molar-refractivity contribution in [1.29, 1.82) is 0 Å². The summed E-state index contributed by atoms with van der Waals surface area (Å²) in [5, 5.41) is 3.95. The number of halogens is 2. The fourth-order valence-corrected chi connectivity index (χ4v) is 3.14. The van der Waals surface area contributed by atoms with Gasteiger partial charge in [-0.2, -0.15) is 0 Å². The number of carbonyl (C=O) groups is 2. The maximum atomic E-state index is 12.7. The Labute approximate surface area is 150 Å². The van der Waals surface area contributed by atoms with Gasteiger partial charge >= 0.3 is 0 Å². The average Bonchev–Trinajstić information content (AvgIpc) is 3.06. The summed E-state index contributed by atoms with van der Waals surface area (Å²) in [6.45, 7) is 0.560. The zero-order valence-corrected chi connectivity index (χ0v) is 14.3. The number of amides is 2. The number of anilines is 1. The first-order valence-electron chi connectivity index (χ1n) is 7.67. The van der Waals surface area contributed by atoms with E-state index in [-0.39, 0.29) is 11.8 Å². The molecule has 1 fully saturated rings. The molecule has 2 aromatic rings. The predicted octanol–water partition coefficient (Wildman–Crippen LogP) is 4.24. The van der Waals surface area contributed by atoms with Crippen molar-refractivity contribution in [2.24, 2.45) is 0 Å². The standard InChI is InChI=1S/C18H16Cl2N2O2/c19-13-6-8-15(9-7-13)21-17(23)16-5-2-10-22(16)18(24)12-3-1-4-14(20)11-12/h1,3-4,6-9,11,16H,2,5,10H2,(H,21,23)/t16-/m0/s1. The van der Waals surface area contributed by atoms with E-state index in [1.165, 1.54) is 0 Å². The third-order valence-electron chi connectivity index (χ3n) is 4.00. The summed E-state index contributed by atoms with van der Waals surface area (Å²) in [5.41, 5.74) is 1.15. The SMILES string of the molecule is O=C(Nc1ccc(Cl)cc1)[C@@H]1CCCN1C(=O)c1cccc(Cl)c1. The molecule has 0 unspecified atom stereocenters. The van der Waals surface area contributed by atoms with Crippen LogP contribution in [-0.2, 0) is 4.79 Å². The molecule has 0 saturated carbocycles. The van der Waals surface area contributed by atoms with Crippen molar-refractivity contribution in [3.05, 3.63) is 64.1 Å². The van der Waals surface area contributed by atoms with Gasteiger partial charge in [-0.05, 0) is 55.3 Å². The van der Waals surface area contributed by atoms with Gasteiger partial charge in [-0.15, -0.1) is 0 Å². The Bertz CT molecular complexity index is 762. The van der Waals surface area contributed by atoms with E-state index in [1.54, 1.807) is 53.4 Å². The van der Waals surface area contributed by atoms with E-state index < -0.39 is 6.04 Å². The summed E-state index contributed by atoms with van der Waals surface area (Å²) < 4.78 is 0. The van der Waals surface area contributed by atoms with E-state index in [0.29, 0.717) is 34.3 Å². The maximum absolute atomic E-state index is 12.7. The zero-order valence-electron chi connectivity index (χ0n) is 12.8. The molecular formula is C18H16Cl2N2O2. The van der Waals surface area contributed by atoms with Crippen LogP contribution in [0.5, 0.6) is 0 Å². The van der Waals surface area contributed by atoms with Crippen LogP contribution in [0.15, 0.2) is 48.5 Å². The summed E-state index contributed by atoms with van der Waals surface area (Å²) in [7, 11) is 0. The molecule has 2 aromatic carbocycles. The molecule has 6 heteroatoms. The molecule has 1 heterocycles. The van der Waals surface area contributed by atoms with Gasteiger partial charge in [0.1, 0.15) is 6.04 Å². The smallest absolute Gasteiger partial charge is 0.254 e. The molecule has 3 rings (SSSR count). The molecule has 2 amide bonds. The quantitative estimate of drug-likeness (QED) is 0.887. The maximum Gasteiger partial charge on any atom is 0.254 e. The Balaban J connectivity index is 1.73. The summed E-state index contributed by atoms with van der Waals surface area (Å²) in [6.07, 6.45) is 1.44. The number of hydrogen-bond acceptors (Lipinski definition) is 2. The van der Waals surface area contributed by atoms with Crippen LogP contribution in [0.2, 0.25) is 10.0 Å². The topological polar surface area (TPSA) is 49.4 Å². The molecule has 124 valence electrons. The highest BCUT2D eigenvalue weighted by Gasteiger charge is 2.34. The molecule has 0 spiro atoms. The van der Waals surface area contributed by atoms with Gasteiger partial charge in [0.05, 0.1) is 0 Å². The lowest BCUT2D eigenvalue weighted by Gasteiger charge is -2.24. The molecule has 1 N–H and O–H groups in total. The van der Waals surface area contributed by atoms with Crippen molar-refractivity contribution >= 4 is 40.7 Å². The third-order valence-corrected chi connectivity index (χ3v) is 4.49. The van der Waals surface area contributed by atoms with Crippen molar-refractivity contribution in [3.8, 4) is 0 Å². The molecule has 4 nitrogen and oxygen atoms in total. The number of likely N-dealkylation sites (tertiary alicyclic amines) is 1. The van der Waals surface area contributed by atoms with Crippen molar-refractivity contribution in [2.75, 3.05) is 11.9 Å². The normalized spacial score (nSPS) is 16.9. The van der Waals surface area contributed by atoms with Gasteiger partial charge in [0.15, 0.2) is 0 Å². The highest BCUT2D eigenvalue weighted by atomic mass is 35.5. The highest BCUT2D eigenvalue weighted by molar-refractivity contribution is 6.31. The largest absolute Gasteiger partial charge is 0.327 e. The second-order valence-electron chi connectivity index (χ2n) is 5.66. The van der Waals surface area contributed by atoms with Gasteiger partial charge in [0, 0.05) is 27.8 Å². The van der Waals surface area contributed by atoms with E-state index in [4.69, 9.17) is 23.2 Å². The molecule has 0 aliphatic carbocycles. The Hall–Kier alpha value is -2.04. The highest BCUT2D eigenvalue weighted by Crippen LogP contribution is 2.23. The van der Waals surface area contributed by atoms with E-state index in [1.807, 2.05) is 0 Å². The van der Waals surface area contributed by atoms with Crippen LogP contribution in [0.3, 0.4) is 0 Å². The molecule has 1 atom stereocenters. The van der Waals surface area contributed by atoms with Crippen molar-refractivity contribution < 1.29 is 9.59 Å². The van der Waals surface area contributed by atoms with E-state index in [2.05, 4.69) is 5.32 Å². The van der Waals surface area contributed by atoms with Crippen LogP contribution in [-0.4, -0.2) is 29.3 Å². The Morgan fingerprint density at radius 3 is 2.50 bits per heavy atom. The summed E-state index contributed by atoms with van der Waals surface area (Å²) >= 11 is 11.8. The van der Waals surface area contributed by atoms with Crippen molar-refractivity contribution in [3.63, 3.8) is 0 Å². The van der Waals surface area contributed by atoms with E-state index >= 15 is 0 Å². The van der Waals surface area contributed by atoms with Crippen LogP contribution in [0.4, 0.5) is 5.69 Å². The average molecular weight is 363 g/mol. The summed E-state index contributed by atoms with van der Waals surface area (Å²) in [6, 6.07) is 13.2. The fourth-order valence-electron chi connectivity index (χ4n) is 2.83. The number of rotatable bonds is 3. The van der Waals surface area contributed by atoms with Gasteiger partial charge in [-0.25, -0.2) is 0 Å². The Morgan fingerprint density at radius 1 is 1.04 bits per heavy atom. The minimum Gasteiger partial charge on any atom is -0.327 e. The number of benzene rings is 2. The molecule has 0 radical (unpaired) electrons. The fraction of sp³-hybridized carbons (Fsp3) is 0.222. The first-order chi connectivity index (χ1) is 11.5. The number of carbonyl (C=O) groups excluding carboxylic acids is 2. The van der Waals surface area contributed by atoms with Gasteiger partial charge in [-0.1, -0.05) is 29.3 Å². The minimum atomic E-state index is -0.479. The monoisotopic (exact) mass is 362 g/mol. The Kier molecular flexibility index (Phi) is 5.07. The number of hydrogen-bond donors (Lipinski definition) is 1. The van der Waals surface area contributed by atoms with Crippen molar-refractivity contribution in [2.45, 2.75) is 18.9 Å².